The number of likely N-dealkylation sites (N-methyl/N-ethyl adjacent to an activating group) is 1. The Bertz CT molecular complexity index is 309. The molecule has 1 aliphatic rings. The molecule has 0 aromatic heterocycles. The van der Waals surface area contributed by atoms with E-state index in [2.05, 4.69) is 22.5 Å². The quantitative estimate of drug-likeness (QED) is 0.667. The SMILES string of the molecule is CCCNC(=O)CN(C)C(=O)CN1CCNC[C@@H]1C. The van der Waals surface area contributed by atoms with E-state index in [-0.39, 0.29) is 18.4 Å². The zero-order chi connectivity index (χ0) is 14.3. The number of rotatable bonds is 6. The van der Waals surface area contributed by atoms with Gasteiger partial charge in [0.15, 0.2) is 0 Å². The van der Waals surface area contributed by atoms with Crippen LogP contribution in [0.2, 0.25) is 0 Å². The number of hydrogen-bond acceptors (Lipinski definition) is 4. The zero-order valence-electron chi connectivity index (χ0n) is 12.2. The van der Waals surface area contributed by atoms with Crippen molar-refractivity contribution in [2.45, 2.75) is 26.3 Å². The second-order valence-electron chi connectivity index (χ2n) is 5.12. The second kappa shape index (κ2) is 8.12. The predicted molar refractivity (Wildman–Crippen MR) is 74.8 cm³/mol. The first-order chi connectivity index (χ1) is 9.04. The van der Waals surface area contributed by atoms with E-state index in [9.17, 15) is 9.59 Å². The normalized spacial score (nSPS) is 20.1. The van der Waals surface area contributed by atoms with Gasteiger partial charge >= 0.3 is 0 Å². The fraction of sp³-hybridized carbons (Fsp3) is 0.846. The smallest absolute Gasteiger partial charge is 0.239 e. The largest absolute Gasteiger partial charge is 0.355 e. The molecular weight excluding hydrogens is 244 g/mol. The fourth-order valence-corrected chi connectivity index (χ4v) is 2.04. The summed E-state index contributed by atoms with van der Waals surface area (Å²) in [4.78, 5) is 27.2. The number of hydrogen-bond donors (Lipinski definition) is 2. The molecule has 0 aliphatic carbocycles. The maximum atomic E-state index is 12.0. The van der Waals surface area contributed by atoms with Crippen LogP contribution in [0.5, 0.6) is 0 Å². The third-order valence-electron chi connectivity index (χ3n) is 3.36. The molecule has 0 radical (unpaired) electrons. The number of carbonyl (C=O) groups is 2. The molecule has 1 atom stereocenters. The van der Waals surface area contributed by atoms with Gasteiger partial charge in [0.25, 0.3) is 0 Å². The molecule has 19 heavy (non-hydrogen) atoms. The standard InChI is InChI=1S/C13H26N4O2/c1-4-5-15-12(18)9-16(3)13(19)10-17-7-6-14-8-11(17)2/h11,14H,4-10H2,1-3H3,(H,15,18)/t11-/m0/s1. The fourth-order valence-electron chi connectivity index (χ4n) is 2.04. The highest BCUT2D eigenvalue weighted by Crippen LogP contribution is 2.02. The van der Waals surface area contributed by atoms with Crippen LogP contribution in [0.1, 0.15) is 20.3 Å². The lowest BCUT2D eigenvalue weighted by atomic mass is 10.2. The first-order valence-electron chi connectivity index (χ1n) is 7.00. The van der Waals surface area contributed by atoms with Crippen LogP contribution < -0.4 is 10.6 Å². The van der Waals surface area contributed by atoms with Crippen molar-refractivity contribution in [2.75, 3.05) is 46.3 Å². The Kier molecular flexibility index (Phi) is 6.80. The summed E-state index contributed by atoms with van der Waals surface area (Å²) in [5.74, 6) is -0.0912. The van der Waals surface area contributed by atoms with Crippen molar-refractivity contribution < 1.29 is 9.59 Å². The lowest BCUT2D eigenvalue weighted by Crippen LogP contribution is -2.53. The lowest BCUT2D eigenvalue weighted by molar-refractivity contribution is -0.136. The minimum Gasteiger partial charge on any atom is -0.355 e. The first kappa shape index (κ1) is 15.9. The van der Waals surface area contributed by atoms with E-state index < -0.39 is 0 Å². The van der Waals surface area contributed by atoms with Crippen molar-refractivity contribution in [3.63, 3.8) is 0 Å². The van der Waals surface area contributed by atoms with Crippen LogP contribution in [0.25, 0.3) is 0 Å². The van der Waals surface area contributed by atoms with Gasteiger partial charge in [-0.1, -0.05) is 6.92 Å². The van der Waals surface area contributed by atoms with Crippen LogP contribution in [0.15, 0.2) is 0 Å². The third-order valence-corrected chi connectivity index (χ3v) is 3.36. The minimum atomic E-state index is -0.0916. The maximum Gasteiger partial charge on any atom is 0.239 e. The van der Waals surface area contributed by atoms with Crippen LogP contribution in [0.4, 0.5) is 0 Å². The number of amides is 2. The molecule has 1 rings (SSSR count). The molecule has 1 heterocycles. The van der Waals surface area contributed by atoms with Crippen LogP contribution in [-0.2, 0) is 9.59 Å². The Morgan fingerprint density at radius 2 is 2.21 bits per heavy atom. The van der Waals surface area contributed by atoms with E-state index in [0.717, 1.165) is 26.1 Å². The van der Waals surface area contributed by atoms with E-state index in [1.807, 2.05) is 6.92 Å². The highest BCUT2D eigenvalue weighted by atomic mass is 16.2. The van der Waals surface area contributed by atoms with Gasteiger partial charge in [0, 0.05) is 39.3 Å². The topological polar surface area (TPSA) is 64.7 Å². The monoisotopic (exact) mass is 270 g/mol. The van der Waals surface area contributed by atoms with Crippen molar-refractivity contribution in [1.29, 1.82) is 0 Å². The summed E-state index contributed by atoms with van der Waals surface area (Å²) in [7, 11) is 1.68. The van der Waals surface area contributed by atoms with Crippen molar-refractivity contribution >= 4 is 11.8 Å². The lowest BCUT2D eigenvalue weighted by Gasteiger charge is -2.34. The summed E-state index contributed by atoms with van der Waals surface area (Å²) in [6, 6.07) is 0.361. The highest BCUT2D eigenvalue weighted by molar-refractivity contribution is 5.85. The Labute approximate surface area is 115 Å². The van der Waals surface area contributed by atoms with Crippen LogP contribution in [0.3, 0.4) is 0 Å². The van der Waals surface area contributed by atoms with E-state index in [1.54, 1.807) is 7.05 Å². The molecule has 0 aromatic rings. The zero-order valence-corrected chi connectivity index (χ0v) is 12.2. The summed E-state index contributed by atoms with van der Waals surface area (Å²) in [5.41, 5.74) is 0. The predicted octanol–water partition coefficient (Wildman–Crippen LogP) is -0.735. The molecule has 1 saturated heterocycles. The second-order valence-corrected chi connectivity index (χ2v) is 5.12. The molecular formula is C13H26N4O2. The van der Waals surface area contributed by atoms with E-state index in [4.69, 9.17) is 0 Å². The minimum absolute atomic E-state index is 0.000369. The van der Waals surface area contributed by atoms with Crippen molar-refractivity contribution in [1.82, 2.24) is 20.4 Å². The molecule has 6 heteroatoms. The summed E-state index contributed by atoms with van der Waals surface area (Å²) in [5, 5.41) is 6.07. The molecule has 1 fully saturated rings. The van der Waals surface area contributed by atoms with Crippen molar-refractivity contribution in [2.24, 2.45) is 0 Å². The molecule has 110 valence electrons. The average molecular weight is 270 g/mol. The summed E-state index contributed by atoms with van der Waals surface area (Å²) >= 11 is 0. The Balaban J connectivity index is 2.33. The Morgan fingerprint density at radius 1 is 1.47 bits per heavy atom. The molecule has 6 nitrogen and oxygen atoms in total. The number of carbonyl (C=O) groups excluding carboxylic acids is 2. The van der Waals surface area contributed by atoms with Crippen LogP contribution in [-0.4, -0.2) is 74.0 Å². The van der Waals surface area contributed by atoms with Gasteiger partial charge in [0.2, 0.25) is 11.8 Å². The van der Waals surface area contributed by atoms with E-state index >= 15 is 0 Å². The van der Waals surface area contributed by atoms with Gasteiger partial charge in [0.1, 0.15) is 0 Å². The third kappa shape index (κ3) is 5.57. The van der Waals surface area contributed by atoms with Crippen molar-refractivity contribution in [3.05, 3.63) is 0 Å². The van der Waals surface area contributed by atoms with Gasteiger partial charge < -0.3 is 15.5 Å². The molecule has 0 aromatic carbocycles. The molecule has 0 bridgehead atoms. The maximum absolute atomic E-state index is 12.0. The first-order valence-corrected chi connectivity index (χ1v) is 7.00. The van der Waals surface area contributed by atoms with E-state index in [0.29, 0.717) is 19.1 Å². The summed E-state index contributed by atoms with van der Waals surface area (Å²) in [6.45, 7) is 8.00. The van der Waals surface area contributed by atoms with Gasteiger partial charge in [-0.3, -0.25) is 14.5 Å². The van der Waals surface area contributed by atoms with Gasteiger partial charge in [0.05, 0.1) is 13.1 Å². The number of nitrogens with one attached hydrogen (secondary N) is 2. The molecule has 2 amide bonds. The molecule has 0 saturated carbocycles. The molecule has 1 aliphatic heterocycles. The van der Waals surface area contributed by atoms with Crippen LogP contribution in [0, 0.1) is 0 Å². The van der Waals surface area contributed by atoms with Gasteiger partial charge in [-0.25, -0.2) is 0 Å². The van der Waals surface area contributed by atoms with Gasteiger partial charge in [-0.2, -0.15) is 0 Å². The Morgan fingerprint density at radius 3 is 2.84 bits per heavy atom. The average Bonchev–Trinajstić information content (AvgIpc) is 2.38. The molecule has 0 spiro atoms. The summed E-state index contributed by atoms with van der Waals surface area (Å²) in [6.07, 6.45) is 0.904. The summed E-state index contributed by atoms with van der Waals surface area (Å²) < 4.78 is 0. The van der Waals surface area contributed by atoms with Crippen LogP contribution >= 0.6 is 0 Å². The van der Waals surface area contributed by atoms with Gasteiger partial charge in [-0.15, -0.1) is 0 Å². The van der Waals surface area contributed by atoms with Crippen molar-refractivity contribution in [3.8, 4) is 0 Å². The van der Waals surface area contributed by atoms with E-state index in [1.165, 1.54) is 4.90 Å². The molecule has 0 unspecified atom stereocenters. The highest BCUT2D eigenvalue weighted by Gasteiger charge is 2.22. The number of piperazine rings is 1. The van der Waals surface area contributed by atoms with Gasteiger partial charge in [-0.05, 0) is 13.3 Å². The number of nitrogens with zero attached hydrogens (tertiary/aromatic N) is 2. The molecule has 2 N–H and O–H groups in total. The Hall–Kier alpha value is -1.14.